The number of hydrogen-bond donors (Lipinski definition) is 0. The standard InChI is InChI=1S/C24H44N2P2Si2/c1-23(2,3)27(7)21-22(28(8)24(4,5)6)26-20-18(30(12,13)14)16-15-17(19(20)25-21)29(9,10)11/h15-16H,1-14H3/t27-,28-/m0/s1. The Balaban J connectivity index is 3.07. The second-order valence-corrected chi connectivity index (χ2v) is 28.5. The summed E-state index contributed by atoms with van der Waals surface area (Å²) in [4.78, 5) is 11.1. The van der Waals surface area contributed by atoms with Crippen LogP contribution in [0.1, 0.15) is 41.5 Å². The Morgan fingerprint density at radius 2 is 0.867 bits per heavy atom. The number of benzene rings is 1. The minimum Gasteiger partial charge on any atom is -0.244 e. The lowest BCUT2D eigenvalue weighted by Crippen LogP contribution is -2.46. The Bertz CT molecular complexity index is 853. The van der Waals surface area contributed by atoms with E-state index in [1.807, 2.05) is 0 Å². The van der Waals surface area contributed by atoms with Crippen molar-refractivity contribution in [2.24, 2.45) is 0 Å². The van der Waals surface area contributed by atoms with E-state index in [1.165, 1.54) is 32.3 Å². The molecule has 168 valence electrons. The number of nitrogens with zero attached hydrogens (tertiary/aromatic N) is 2. The molecule has 0 saturated heterocycles. The van der Waals surface area contributed by atoms with Gasteiger partial charge in [-0.2, -0.15) is 0 Å². The molecule has 0 radical (unpaired) electrons. The van der Waals surface area contributed by atoms with Gasteiger partial charge in [0.2, 0.25) is 0 Å². The first kappa shape index (κ1) is 26.1. The Labute approximate surface area is 190 Å². The summed E-state index contributed by atoms with van der Waals surface area (Å²) in [5, 5.41) is 3.37. The van der Waals surface area contributed by atoms with Gasteiger partial charge in [-0.3, -0.25) is 0 Å². The van der Waals surface area contributed by atoms with Gasteiger partial charge in [0.25, 0.3) is 0 Å². The normalized spacial score (nSPS) is 16.1. The maximum Gasteiger partial charge on any atom is 0.0899 e. The van der Waals surface area contributed by atoms with Crippen molar-refractivity contribution in [1.82, 2.24) is 9.97 Å². The minimum atomic E-state index is -1.54. The maximum absolute atomic E-state index is 5.56. The van der Waals surface area contributed by atoms with Gasteiger partial charge in [-0.15, -0.1) is 0 Å². The third-order valence-electron chi connectivity index (χ3n) is 6.05. The summed E-state index contributed by atoms with van der Waals surface area (Å²) in [7, 11) is -3.89. The van der Waals surface area contributed by atoms with Crippen LogP contribution >= 0.6 is 15.8 Å². The quantitative estimate of drug-likeness (QED) is 0.410. The van der Waals surface area contributed by atoms with Crippen LogP contribution in [0.25, 0.3) is 11.0 Å². The lowest BCUT2D eigenvalue weighted by Gasteiger charge is -2.34. The predicted octanol–water partition coefficient (Wildman–Crippen LogP) is 5.79. The fourth-order valence-corrected chi connectivity index (χ4v) is 9.72. The highest BCUT2D eigenvalue weighted by molar-refractivity contribution is 7.72. The largest absolute Gasteiger partial charge is 0.244 e. The Morgan fingerprint density at radius 1 is 0.600 bits per heavy atom. The van der Waals surface area contributed by atoms with Gasteiger partial charge in [-0.25, -0.2) is 9.97 Å². The van der Waals surface area contributed by atoms with Crippen molar-refractivity contribution in [2.45, 2.75) is 91.1 Å². The zero-order valence-corrected chi connectivity index (χ0v) is 25.7. The molecule has 0 saturated carbocycles. The molecule has 1 aromatic heterocycles. The Morgan fingerprint density at radius 3 is 1.07 bits per heavy atom. The van der Waals surface area contributed by atoms with E-state index < -0.39 is 32.0 Å². The molecule has 0 aliphatic heterocycles. The third kappa shape index (κ3) is 5.42. The van der Waals surface area contributed by atoms with Crippen molar-refractivity contribution >= 4 is 64.3 Å². The van der Waals surface area contributed by atoms with Gasteiger partial charge in [-0.1, -0.05) is 109 Å². The third-order valence-corrected chi connectivity index (χ3v) is 16.2. The van der Waals surface area contributed by atoms with Gasteiger partial charge in [0, 0.05) is 0 Å². The molecule has 0 fully saturated rings. The zero-order valence-electron chi connectivity index (χ0n) is 21.9. The number of aromatic nitrogens is 2. The van der Waals surface area contributed by atoms with Crippen molar-refractivity contribution in [3.8, 4) is 0 Å². The van der Waals surface area contributed by atoms with Gasteiger partial charge < -0.3 is 0 Å². The van der Waals surface area contributed by atoms with Crippen LogP contribution in [-0.4, -0.2) is 49.8 Å². The highest BCUT2D eigenvalue weighted by Gasteiger charge is 2.34. The molecule has 2 atom stereocenters. The highest BCUT2D eigenvalue weighted by atomic mass is 31.1. The van der Waals surface area contributed by atoms with Crippen LogP contribution in [0.4, 0.5) is 0 Å². The average Bonchev–Trinajstić information content (AvgIpc) is 2.54. The molecule has 0 unspecified atom stereocenters. The second-order valence-electron chi connectivity index (χ2n) is 12.7. The molecular weight excluding hydrogens is 434 g/mol. The molecule has 0 amide bonds. The number of rotatable bonds is 4. The molecule has 0 aliphatic carbocycles. The molecular formula is C24H44N2P2Si2. The minimum absolute atomic E-state index is 0.218. The predicted molar refractivity (Wildman–Crippen MR) is 150 cm³/mol. The van der Waals surface area contributed by atoms with Crippen LogP contribution in [0, 0.1) is 0 Å². The molecule has 0 spiro atoms. The van der Waals surface area contributed by atoms with Crippen molar-refractivity contribution in [1.29, 1.82) is 0 Å². The topological polar surface area (TPSA) is 25.8 Å². The summed E-state index contributed by atoms with van der Waals surface area (Å²) in [5.74, 6) is 0. The molecule has 0 aliphatic rings. The Hall–Kier alpha value is -0.146. The lowest BCUT2D eigenvalue weighted by atomic mass is 10.3. The summed E-state index contributed by atoms with van der Waals surface area (Å²) >= 11 is 0. The fourth-order valence-electron chi connectivity index (χ4n) is 3.41. The SMILES string of the molecule is C[P@@](c1nc2c([Si](C)(C)C)ccc([Si](C)(C)C)c2nc1[P@](C)C(C)(C)C)C(C)(C)C. The maximum atomic E-state index is 5.56. The van der Waals surface area contributed by atoms with Crippen molar-refractivity contribution in [2.75, 3.05) is 13.3 Å². The summed E-state index contributed by atoms with van der Waals surface area (Å²) in [6.07, 6.45) is 0. The molecule has 0 N–H and O–H groups in total. The van der Waals surface area contributed by atoms with Gasteiger partial charge in [0.1, 0.15) is 0 Å². The fraction of sp³-hybridized carbons (Fsp3) is 0.667. The van der Waals surface area contributed by atoms with E-state index in [-0.39, 0.29) is 10.3 Å². The van der Waals surface area contributed by atoms with Gasteiger partial charge >= 0.3 is 0 Å². The second kappa shape index (κ2) is 8.33. The molecule has 30 heavy (non-hydrogen) atoms. The van der Waals surface area contributed by atoms with Crippen molar-refractivity contribution < 1.29 is 0 Å². The molecule has 6 heteroatoms. The van der Waals surface area contributed by atoms with E-state index in [1.54, 1.807) is 0 Å². The van der Waals surface area contributed by atoms with Crippen LogP contribution in [0.2, 0.25) is 39.3 Å². The van der Waals surface area contributed by atoms with E-state index in [2.05, 4.69) is 106 Å². The first-order valence-electron chi connectivity index (χ1n) is 11.1. The monoisotopic (exact) mass is 478 g/mol. The molecule has 2 rings (SSSR count). The van der Waals surface area contributed by atoms with Gasteiger partial charge in [-0.05, 0) is 34.0 Å². The summed E-state index contributed by atoms with van der Waals surface area (Å²) in [6, 6.07) is 4.79. The van der Waals surface area contributed by atoms with Gasteiger partial charge in [0.05, 0.1) is 38.1 Å². The summed E-state index contributed by atoms with van der Waals surface area (Å²) in [6.45, 7) is 33.6. The highest BCUT2D eigenvalue weighted by Crippen LogP contribution is 2.49. The van der Waals surface area contributed by atoms with Crippen molar-refractivity contribution in [3.05, 3.63) is 12.1 Å². The van der Waals surface area contributed by atoms with Crippen LogP contribution in [0.15, 0.2) is 12.1 Å². The van der Waals surface area contributed by atoms with Crippen LogP contribution < -0.4 is 21.2 Å². The van der Waals surface area contributed by atoms with Gasteiger partial charge in [0.15, 0.2) is 0 Å². The van der Waals surface area contributed by atoms with E-state index in [0.717, 1.165) is 0 Å². The zero-order chi connectivity index (χ0) is 23.4. The smallest absolute Gasteiger partial charge is 0.0899 e. The first-order chi connectivity index (χ1) is 13.3. The summed E-state index contributed by atoms with van der Waals surface area (Å²) < 4.78 is 0. The number of hydrogen-bond acceptors (Lipinski definition) is 2. The molecule has 1 heterocycles. The van der Waals surface area contributed by atoms with E-state index in [4.69, 9.17) is 9.97 Å². The lowest BCUT2D eigenvalue weighted by molar-refractivity contribution is 0.787. The number of fused-ring (bicyclic) bond motifs is 1. The van der Waals surface area contributed by atoms with E-state index >= 15 is 0 Å². The summed E-state index contributed by atoms with van der Waals surface area (Å²) in [5.41, 5.74) is 5.04. The average molecular weight is 479 g/mol. The van der Waals surface area contributed by atoms with E-state index in [9.17, 15) is 0 Å². The Kier molecular flexibility index (Phi) is 7.25. The molecule has 1 aromatic carbocycles. The molecule has 2 aromatic rings. The molecule has 2 nitrogen and oxygen atoms in total. The van der Waals surface area contributed by atoms with E-state index in [0.29, 0.717) is 0 Å². The molecule has 0 bridgehead atoms. The van der Waals surface area contributed by atoms with Crippen molar-refractivity contribution in [3.63, 3.8) is 0 Å². The van der Waals surface area contributed by atoms with Crippen LogP contribution in [-0.2, 0) is 0 Å². The van der Waals surface area contributed by atoms with Crippen LogP contribution in [0.3, 0.4) is 0 Å². The van der Waals surface area contributed by atoms with Crippen LogP contribution in [0.5, 0.6) is 0 Å². The first-order valence-corrected chi connectivity index (χ1v) is 21.7.